The van der Waals surface area contributed by atoms with Gasteiger partial charge < -0.3 is 15.5 Å². The highest BCUT2D eigenvalue weighted by Crippen LogP contribution is 2.22. The SMILES string of the molecule is CC(C)(C)N1CC(NC(=O)NC2CCCCCC2)CC1=O. The van der Waals surface area contributed by atoms with Gasteiger partial charge in [0.1, 0.15) is 0 Å². The van der Waals surface area contributed by atoms with Crippen LogP contribution >= 0.6 is 0 Å². The van der Waals surface area contributed by atoms with Gasteiger partial charge in [-0.25, -0.2) is 4.79 Å². The first kappa shape index (κ1) is 16.1. The minimum absolute atomic E-state index is 0.0671. The predicted molar refractivity (Wildman–Crippen MR) is 83.0 cm³/mol. The summed E-state index contributed by atoms with van der Waals surface area (Å²) in [6.07, 6.45) is 7.51. The van der Waals surface area contributed by atoms with Crippen molar-refractivity contribution >= 4 is 11.9 Å². The average molecular weight is 295 g/mol. The lowest BCUT2D eigenvalue weighted by Crippen LogP contribution is -2.48. The number of hydrogen-bond acceptors (Lipinski definition) is 2. The van der Waals surface area contributed by atoms with E-state index in [9.17, 15) is 9.59 Å². The Morgan fingerprint density at radius 2 is 1.62 bits per heavy atom. The largest absolute Gasteiger partial charge is 0.336 e. The third-order valence-electron chi connectivity index (χ3n) is 4.46. The Morgan fingerprint density at radius 3 is 2.14 bits per heavy atom. The minimum atomic E-state index is -0.175. The second-order valence-electron chi connectivity index (χ2n) is 7.38. The topological polar surface area (TPSA) is 61.4 Å². The lowest BCUT2D eigenvalue weighted by atomic mass is 10.1. The Labute approximate surface area is 127 Å². The molecule has 120 valence electrons. The van der Waals surface area contributed by atoms with Crippen LogP contribution in [0.1, 0.15) is 65.7 Å². The monoisotopic (exact) mass is 295 g/mol. The summed E-state index contributed by atoms with van der Waals surface area (Å²) in [5.74, 6) is 0.127. The normalized spacial score (nSPS) is 24.8. The summed E-state index contributed by atoms with van der Waals surface area (Å²) >= 11 is 0. The molecule has 1 heterocycles. The molecule has 2 N–H and O–H groups in total. The van der Waals surface area contributed by atoms with Gasteiger partial charge in [-0.05, 0) is 33.6 Å². The van der Waals surface area contributed by atoms with Crippen molar-refractivity contribution in [2.45, 2.75) is 83.3 Å². The number of nitrogens with zero attached hydrogens (tertiary/aromatic N) is 1. The molecular weight excluding hydrogens is 266 g/mol. The molecular formula is C16H29N3O2. The van der Waals surface area contributed by atoms with Gasteiger partial charge in [0.05, 0.1) is 6.04 Å². The summed E-state index contributed by atoms with van der Waals surface area (Å²) < 4.78 is 0. The Kier molecular flexibility index (Phi) is 5.12. The first-order chi connectivity index (χ1) is 9.86. The Balaban J connectivity index is 1.79. The third-order valence-corrected chi connectivity index (χ3v) is 4.46. The van der Waals surface area contributed by atoms with Crippen molar-refractivity contribution in [2.75, 3.05) is 6.54 Å². The zero-order chi connectivity index (χ0) is 15.5. The van der Waals surface area contributed by atoms with E-state index in [1.54, 1.807) is 0 Å². The summed E-state index contributed by atoms with van der Waals surface area (Å²) in [5.41, 5.74) is -0.175. The summed E-state index contributed by atoms with van der Waals surface area (Å²) in [6.45, 7) is 6.69. The fourth-order valence-corrected chi connectivity index (χ4v) is 3.29. The van der Waals surface area contributed by atoms with Gasteiger partial charge in [0.25, 0.3) is 0 Å². The summed E-state index contributed by atoms with van der Waals surface area (Å²) in [7, 11) is 0. The van der Waals surface area contributed by atoms with Gasteiger partial charge in [-0.3, -0.25) is 4.79 Å². The molecule has 0 aromatic rings. The third kappa shape index (κ3) is 4.61. The Morgan fingerprint density at radius 1 is 1.05 bits per heavy atom. The number of likely N-dealkylation sites (tertiary alicyclic amines) is 1. The van der Waals surface area contributed by atoms with Crippen LogP contribution in [0.3, 0.4) is 0 Å². The molecule has 0 bridgehead atoms. The molecule has 5 heteroatoms. The molecule has 2 fully saturated rings. The molecule has 1 saturated heterocycles. The van der Waals surface area contributed by atoms with Crippen molar-refractivity contribution in [1.29, 1.82) is 0 Å². The van der Waals surface area contributed by atoms with Gasteiger partial charge in [0, 0.05) is 24.5 Å². The van der Waals surface area contributed by atoms with Crippen molar-refractivity contribution < 1.29 is 9.59 Å². The highest BCUT2D eigenvalue weighted by molar-refractivity contribution is 5.82. The number of carbonyl (C=O) groups is 2. The molecule has 0 spiro atoms. The number of rotatable bonds is 2. The smallest absolute Gasteiger partial charge is 0.315 e. The van der Waals surface area contributed by atoms with Gasteiger partial charge in [-0.15, -0.1) is 0 Å². The molecule has 21 heavy (non-hydrogen) atoms. The van der Waals surface area contributed by atoms with Crippen molar-refractivity contribution in [1.82, 2.24) is 15.5 Å². The van der Waals surface area contributed by atoms with Gasteiger partial charge in [-0.1, -0.05) is 25.7 Å². The molecule has 0 aromatic carbocycles. The second-order valence-corrected chi connectivity index (χ2v) is 7.38. The molecule has 3 amide bonds. The molecule has 1 aliphatic heterocycles. The maximum Gasteiger partial charge on any atom is 0.315 e. The Bertz CT molecular complexity index is 381. The summed E-state index contributed by atoms with van der Waals surface area (Å²) in [6, 6.07) is 0.112. The number of amides is 3. The fraction of sp³-hybridized carbons (Fsp3) is 0.875. The zero-order valence-corrected chi connectivity index (χ0v) is 13.6. The first-order valence-electron chi connectivity index (χ1n) is 8.24. The maximum absolute atomic E-state index is 12.1. The molecule has 1 atom stereocenters. The standard InChI is InChI=1S/C16H29N3O2/c1-16(2,3)19-11-13(10-14(19)20)18-15(21)17-12-8-6-4-5-7-9-12/h12-13H,4-11H2,1-3H3,(H2,17,18,21). The van der Waals surface area contributed by atoms with E-state index in [1.165, 1.54) is 25.7 Å². The van der Waals surface area contributed by atoms with Crippen LogP contribution in [0.2, 0.25) is 0 Å². The van der Waals surface area contributed by atoms with E-state index in [4.69, 9.17) is 0 Å². The van der Waals surface area contributed by atoms with E-state index >= 15 is 0 Å². The second kappa shape index (κ2) is 6.67. The molecule has 0 radical (unpaired) electrons. The highest BCUT2D eigenvalue weighted by atomic mass is 16.2. The lowest BCUT2D eigenvalue weighted by molar-refractivity contribution is -0.131. The summed E-state index contributed by atoms with van der Waals surface area (Å²) in [4.78, 5) is 25.9. The van der Waals surface area contributed by atoms with Crippen molar-refractivity contribution in [3.63, 3.8) is 0 Å². The van der Waals surface area contributed by atoms with Gasteiger partial charge >= 0.3 is 6.03 Å². The lowest BCUT2D eigenvalue weighted by Gasteiger charge is -2.32. The summed E-state index contributed by atoms with van der Waals surface area (Å²) in [5, 5.41) is 6.04. The van der Waals surface area contributed by atoms with E-state index in [0.29, 0.717) is 19.0 Å². The van der Waals surface area contributed by atoms with E-state index < -0.39 is 0 Å². The predicted octanol–water partition coefficient (Wildman–Crippen LogP) is 2.41. The van der Waals surface area contributed by atoms with Crippen LogP contribution in [0.5, 0.6) is 0 Å². The quantitative estimate of drug-likeness (QED) is 0.769. The zero-order valence-electron chi connectivity index (χ0n) is 13.6. The fourth-order valence-electron chi connectivity index (χ4n) is 3.29. The molecule has 1 saturated carbocycles. The number of nitrogens with one attached hydrogen (secondary N) is 2. The highest BCUT2D eigenvalue weighted by Gasteiger charge is 2.36. The van der Waals surface area contributed by atoms with Crippen LogP contribution < -0.4 is 10.6 Å². The molecule has 1 unspecified atom stereocenters. The van der Waals surface area contributed by atoms with Gasteiger partial charge in [-0.2, -0.15) is 0 Å². The van der Waals surface area contributed by atoms with E-state index in [2.05, 4.69) is 10.6 Å². The first-order valence-corrected chi connectivity index (χ1v) is 8.24. The van der Waals surface area contributed by atoms with Crippen LogP contribution in [0.25, 0.3) is 0 Å². The van der Waals surface area contributed by atoms with Gasteiger partial charge in [0.15, 0.2) is 0 Å². The van der Waals surface area contributed by atoms with Crippen molar-refractivity contribution in [3.05, 3.63) is 0 Å². The van der Waals surface area contributed by atoms with Crippen LogP contribution in [0, 0.1) is 0 Å². The van der Waals surface area contributed by atoms with Crippen molar-refractivity contribution in [2.24, 2.45) is 0 Å². The molecule has 2 rings (SSSR count). The van der Waals surface area contributed by atoms with E-state index in [1.807, 2.05) is 25.7 Å². The van der Waals surface area contributed by atoms with Gasteiger partial charge in [0.2, 0.25) is 5.91 Å². The number of urea groups is 1. The maximum atomic E-state index is 12.1. The van der Waals surface area contributed by atoms with E-state index in [0.717, 1.165) is 12.8 Å². The van der Waals surface area contributed by atoms with E-state index in [-0.39, 0.29) is 23.5 Å². The molecule has 0 aromatic heterocycles. The Hall–Kier alpha value is -1.26. The van der Waals surface area contributed by atoms with Crippen LogP contribution in [-0.2, 0) is 4.79 Å². The number of hydrogen-bond donors (Lipinski definition) is 2. The van der Waals surface area contributed by atoms with Crippen LogP contribution in [-0.4, -0.2) is 41.0 Å². The van der Waals surface area contributed by atoms with Crippen LogP contribution in [0.15, 0.2) is 0 Å². The molecule has 5 nitrogen and oxygen atoms in total. The molecule has 2 aliphatic rings. The minimum Gasteiger partial charge on any atom is -0.336 e. The molecule has 1 aliphatic carbocycles. The van der Waals surface area contributed by atoms with Crippen molar-refractivity contribution in [3.8, 4) is 0 Å². The number of carbonyl (C=O) groups excluding carboxylic acids is 2. The average Bonchev–Trinajstić information content (AvgIpc) is 2.59. The van der Waals surface area contributed by atoms with Crippen LogP contribution in [0.4, 0.5) is 4.79 Å².